The summed E-state index contributed by atoms with van der Waals surface area (Å²) in [5, 5.41) is 22.0. The number of anilines is 1. The Balaban J connectivity index is 1.52. The fourth-order valence-corrected chi connectivity index (χ4v) is 5.05. The van der Waals surface area contributed by atoms with E-state index in [9.17, 15) is 14.7 Å². The molecule has 0 radical (unpaired) electrons. The van der Waals surface area contributed by atoms with Crippen LogP contribution in [-0.4, -0.2) is 40.3 Å². The average molecular weight is 513 g/mol. The molecule has 1 amide bonds. The highest BCUT2D eigenvalue weighted by atomic mass is 32.1. The minimum Gasteiger partial charge on any atom is -0.476 e. The van der Waals surface area contributed by atoms with Crippen molar-refractivity contribution in [3.8, 4) is 0 Å². The summed E-state index contributed by atoms with van der Waals surface area (Å²) in [6.45, 7) is 0.0941. The Morgan fingerprint density at radius 1 is 1.00 bits per heavy atom. The zero-order valence-electron chi connectivity index (χ0n) is 19.7. The van der Waals surface area contributed by atoms with Crippen LogP contribution in [0.15, 0.2) is 102 Å². The number of hydrogen-bond acceptors (Lipinski definition) is 7. The Morgan fingerprint density at radius 3 is 1.97 bits per heavy atom. The van der Waals surface area contributed by atoms with Gasteiger partial charge in [0, 0.05) is 5.38 Å². The zero-order valence-corrected chi connectivity index (χ0v) is 20.5. The number of rotatable bonds is 10. The van der Waals surface area contributed by atoms with Gasteiger partial charge in [0.2, 0.25) is 11.6 Å². The van der Waals surface area contributed by atoms with E-state index in [2.05, 4.69) is 57.2 Å². The van der Waals surface area contributed by atoms with Crippen molar-refractivity contribution in [1.29, 1.82) is 0 Å². The number of thiazole rings is 1. The van der Waals surface area contributed by atoms with Crippen LogP contribution >= 0.6 is 11.3 Å². The minimum atomic E-state index is -1.25. The molecule has 0 spiro atoms. The van der Waals surface area contributed by atoms with Crippen LogP contribution < -0.4 is 10.6 Å². The van der Waals surface area contributed by atoms with E-state index in [0.717, 1.165) is 16.7 Å². The maximum atomic E-state index is 11.9. The molecule has 0 saturated carbocycles. The molecule has 37 heavy (non-hydrogen) atoms. The molecular weight excluding hydrogens is 488 g/mol. The Kier molecular flexibility index (Phi) is 6.96. The van der Waals surface area contributed by atoms with Gasteiger partial charge in [-0.15, -0.1) is 11.3 Å². The Labute approximate surface area is 217 Å². The third-order valence-electron chi connectivity index (χ3n) is 6.09. The fraction of sp³-hybridized carbons (Fsp3) is 0.143. The largest absolute Gasteiger partial charge is 0.476 e. The van der Waals surface area contributed by atoms with E-state index in [-0.39, 0.29) is 30.0 Å². The summed E-state index contributed by atoms with van der Waals surface area (Å²) in [5.41, 5.74) is 2.09. The Bertz CT molecular complexity index is 1300. The second kappa shape index (κ2) is 10.6. The van der Waals surface area contributed by atoms with Gasteiger partial charge in [-0.05, 0) is 16.7 Å². The number of nitrogens with one attached hydrogen (secondary N) is 2. The van der Waals surface area contributed by atoms with E-state index in [1.54, 1.807) is 5.38 Å². The molecule has 1 fully saturated rings. The summed E-state index contributed by atoms with van der Waals surface area (Å²) < 4.78 is 0. The molecule has 9 heteroatoms. The standard InChI is InChI=1S/C28H24N4O4S/c33-24-16-22(29-24)17-36-32-25(26(34)35)23-18-37-27(30-23)31-28(19-10-4-1-5-11-19,20-12-6-2-7-13-20)21-14-8-3-9-15-21/h1-15,18,22H,16-17H2,(H,29,33)(H,30,31)(H,34,35)/b32-25-. The van der Waals surface area contributed by atoms with Gasteiger partial charge in [0.25, 0.3) is 0 Å². The van der Waals surface area contributed by atoms with Gasteiger partial charge in [-0.1, -0.05) is 96.2 Å². The molecule has 3 aromatic carbocycles. The monoisotopic (exact) mass is 512 g/mol. The van der Waals surface area contributed by atoms with Crippen LogP contribution in [0.25, 0.3) is 0 Å². The summed E-state index contributed by atoms with van der Waals surface area (Å²) in [7, 11) is 0. The highest BCUT2D eigenvalue weighted by Gasteiger charge is 2.37. The lowest BCUT2D eigenvalue weighted by Gasteiger charge is -2.36. The van der Waals surface area contributed by atoms with Crippen LogP contribution in [0.4, 0.5) is 5.13 Å². The Hall–Kier alpha value is -4.50. The van der Waals surface area contributed by atoms with Gasteiger partial charge in [0.05, 0.1) is 12.5 Å². The van der Waals surface area contributed by atoms with Crippen LogP contribution in [0, 0.1) is 0 Å². The first-order valence-corrected chi connectivity index (χ1v) is 12.6. The quantitative estimate of drug-likeness (QED) is 0.127. The SMILES string of the molecule is O=C1CC(CO/N=C(\C(=O)O)c2csc(NC(c3ccccc3)(c3ccccc3)c3ccccc3)n2)N1. The van der Waals surface area contributed by atoms with Gasteiger partial charge < -0.3 is 20.6 Å². The fourth-order valence-electron chi connectivity index (χ4n) is 4.30. The lowest BCUT2D eigenvalue weighted by atomic mass is 9.77. The number of aromatic nitrogens is 1. The second-order valence-corrected chi connectivity index (χ2v) is 9.38. The number of amides is 1. The second-order valence-electron chi connectivity index (χ2n) is 8.52. The minimum absolute atomic E-state index is 0.0648. The number of aliphatic carboxylic acids is 1. The zero-order chi connectivity index (χ0) is 25.7. The molecule has 1 aliphatic rings. The van der Waals surface area contributed by atoms with E-state index >= 15 is 0 Å². The smallest absolute Gasteiger partial charge is 0.360 e. The molecule has 0 bridgehead atoms. The lowest BCUT2D eigenvalue weighted by molar-refractivity contribution is -0.131. The first kappa shape index (κ1) is 24.2. The molecule has 1 aromatic heterocycles. The van der Waals surface area contributed by atoms with Crippen molar-refractivity contribution in [2.24, 2.45) is 5.16 Å². The van der Waals surface area contributed by atoms with E-state index in [4.69, 9.17) is 4.84 Å². The number of hydrogen-bond donors (Lipinski definition) is 3. The first-order chi connectivity index (χ1) is 18.1. The molecule has 1 atom stereocenters. The van der Waals surface area contributed by atoms with Gasteiger partial charge >= 0.3 is 5.97 Å². The number of carboxylic acid groups (broad SMARTS) is 1. The van der Waals surface area contributed by atoms with Gasteiger partial charge in [-0.25, -0.2) is 9.78 Å². The molecule has 4 aromatic rings. The van der Waals surface area contributed by atoms with Crippen molar-refractivity contribution >= 4 is 34.1 Å². The van der Waals surface area contributed by atoms with Gasteiger partial charge in [0.1, 0.15) is 17.8 Å². The molecule has 2 heterocycles. The molecule has 5 rings (SSSR count). The summed E-state index contributed by atoms with van der Waals surface area (Å²) in [6.07, 6.45) is 0.337. The van der Waals surface area contributed by atoms with Gasteiger partial charge in [0.15, 0.2) is 5.13 Å². The molecule has 186 valence electrons. The van der Waals surface area contributed by atoms with E-state index < -0.39 is 11.5 Å². The molecule has 8 nitrogen and oxygen atoms in total. The molecule has 1 saturated heterocycles. The molecule has 3 N–H and O–H groups in total. The van der Waals surface area contributed by atoms with Gasteiger partial charge in [-0.2, -0.15) is 0 Å². The van der Waals surface area contributed by atoms with E-state index in [1.165, 1.54) is 11.3 Å². The number of carbonyl (C=O) groups excluding carboxylic acids is 1. The maximum absolute atomic E-state index is 11.9. The summed E-state index contributed by atoms with van der Waals surface area (Å²) >= 11 is 1.28. The van der Waals surface area contributed by atoms with Crippen LogP contribution in [0.3, 0.4) is 0 Å². The third kappa shape index (κ3) is 5.07. The predicted octanol–water partition coefficient (Wildman–Crippen LogP) is 4.24. The topological polar surface area (TPSA) is 113 Å². The molecular formula is C28H24N4O4S. The van der Waals surface area contributed by atoms with Crippen LogP contribution in [0.1, 0.15) is 28.8 Å². The van der Waals surface area contributed by atoms with Crippen molar-refractivity contribution in [1.82, 2.24) is 10.3 Å². The average Bonchev–Trinajstić information content (AvgIpc) is 3.37. The number of β-lactam (4-membered cyclic amide) rings is 1. The number of nitrogens with zero attached hydrogens (tertiary/aromatic N) is 2. The third-order valence-corrected chi connectivity index (χ3v) is 6.85. The first-order valence-electron chi connectivity index (χ1n) is 11.7. The van der Waals surface area contributed by atoms with E-state index in [0.29, 0.717) is 11.6 Å². The maximum Gasteiger partial charge on any atom is 0.360 e. The lowest BCUT2D eigenvalue weighted by Crippen LogP contribution is -2.50. The molecule has 1 aliphatic heterocycles. The van der Waals surface area contributed by atoms with E-state index in [1.807, 2.05) is 54.6 Å². The highest BCUT2D eigenvalue weighted by molar-refractivity contribution is 7.14. The van der Waals surface area contributed by atoms with Crippen LogP contribution in [0.2, 0.25) is 0 Å². The number of carboxylic acids is 1. The molecule has 1 unspecified atom stereocenters. The highest BCUT2D eigenvalue weighted by Crippen LogP contribution is 2.40. The van der Waals surface area contributed by atoms with Gasteiger partial charge in [-0.3, -0.25) is 4.79 Å². The summed E-state index contributed by atoms with van der Waals surface area (Å²) in [4.78, 5) is 32.8. The van der Waals surface area contributed by atoms with Crippen molar-refractivity contribution in [2.45, 2.75) is 18.0 Å². The normalized spacial score (nSPS) is 15.4. The van der Waals surface area contributed by atoms with Crippen molar-refractivity contribution < 1.29 is 19.5 Å². The number of carbonyl (C=O) groups is 2. The Morgan fingerprint density at radius 2 is 1.51 bits per heavy atom. The summed E-state index contributed by atoms with van der Waals surface area (Å²) in [6, 6.07) is 30.0. The predicted molar refractivity (Wildman–Crippen MR) is 142 cm³/mol. The van der Waals surface area contributed by atoms with Crippen LogP contribution in [-0.2, 0) is 20.0 Å². The van der Waals surface area contributed by atoms with Crippen molar-refractivity contribution in [3.63, 3.8) is 0 Å². The van der Waals surface area contributed by atoms with Crippen LogP contribution in [0.5, 0.6) is 0 Å². The number of oxime groups is 1. The van der Waals surface area contributed by atoms with Crippen molar-refractivity contribution in [2.75, 3.05) is 11.9 Å². The van der Waals surface area contributed by atoms with Crippen molar-refractivity contribution in [3.05, 3.63) is 119 Å². The summed E-state index contributed by atoms with van der Waals surface area (Å²) in [5.74, 6) is -1.32. The number of benzene rings is 3. The molecule has 0 aliphatic carbocycles.